The van der Waals surface area contributed by atoms with E-state index in [0.717, 1.165) is 17.1 Å². The van der Waals surface area contributed by atoms with E-state index in [1.54, 1.807) is 6.07 Å². The van der Waals surface area contributed by atoms with Crippen LogP contribution in [0.3, 0.4) is 0 Å². The second-order valence-electron chi connectivity index (χ2n) is 5.15. The molecule has 1 unspecified atom stereocenters. The van der Waals surface area contributed by atoms with Crippen molar-refractivity contribution in [3.63, 3.8) is 0 Å². The molecule has 1 heterocycles. The van der Waals surface area contributed by atoms with E-state index in [0.29, 0.717) is 25.5 Å². The Morgan fingerprint density at radius 2 is 2.10 bits per heavy atom. The highest BCUT2D eigenvalue weighted by Gasteiger charge is 2.23. The van der Waals surface area contributed by atoms with Crippen LogP contribution >= 0.6 is 11.8 Å². The highest BCUT2D eigenvalue weighted by Crippen LogP contribution is 2.39. The second kappa shape index (κ2) is 6.50. The van der Waals surface area contributed by atoms with Gasteiger partial charge in [-0.15, -0.1) is 11.8 Å². The number of hydrogen-bond acceptors (Lipinski definition) is 3. The maximum absolute atomic E-state index is 13.3. The molecular weight excluding hydrogens is 285 g/mol. The summed E-state index contributed by atoms with van der Waals surface area (Å²) < 4.78 is 19.3. The maximum Gasteiger partial charge on any atom is 0.123 e. The largest absolute Gasteiger partial charge is 0.493 e. The summed E-state index contributed by atoms with van der Waals surface area (Å²) in [5.41, 5.74) is 7.78. The Balaban J connectivity index is 1.71. The monoisotopic (exact) mass is 303 g/mol. The predicted molar refractivity (Wildman–Crippen MR) is 84.6 cm³/mol. The number of nitrogens with two attached hydrogens (primary N) is 1. The number of ether oxygens (including phenoxy) is 1. The average Bonchev–Trinajstić information content (AvgIpc) is 2.90. The van der Waals surface area contributed by atoms with Crippen molar-refractivity contribution in [2.24, 2.45) is 5.73 Å². The molecule has 2 nitrogen and oxygen atoms in total. The minimum absolute atomic E-state index is 0.243. The molecule has 1 atom stereocenters. The smallest absolute Gasteiger partial charge is 0.123 e. The minimum atomic E-state index is -0.243. The molecule has 0 bridgehead atoms. The Kier molecular flexibility index (Phi) is 4.46. The van der Waals surface area contributed by atoms with Crippen LogP contribution in [-0.4, -0.2) is 18.9 Å². The molecule has 21 heavy (non-hydrogen) atoms. The molecule has 3 rings (SSSR count). The summed E-state index contributed by atoms with van der Waals surface area (Å²) in [6, 6.07) is 13.1. The summed E-state index contributed by atoms with van der Waals surface area (Å²) in [6.45, 7) is 1.11. The van der Waals surface area contributed by atoms with Crippen LogP contribution in [0.5, 0.6) is 5.75 Å². The lowest BCUT2D eigenvalue weighted by Crippen LogP contribution is -2.12. The van der Waals surface area contributed by atoms with Crippen molar-refractivity contribution in [3.05, 3.63) is 59.4 Å². The van der Waals surface area contributed by atoms with E-state index in [9.17, 15) is 4.39 Å². The summed E-state index contributed by atoms with van der Waals surface area (Å²) in [5, 5.41) is 0. The van der Waals surface area contributed by atoms with Crippen molar-refractivity contribution in [1.82, 2.24) is 0 Å². The first-order valence-corrected chi connectivity index (χ1v) is 8.09. The fourth-order valence-electron chi connectivity index (χ4n) is 2.60. The molecule has 0 radical (unpaired) electrons. The zero-order chi connectivity index (χ0) is 14.7. The lowest BCUT2D eigenvalue weighted by molar-refractivity contribution is 0.294. The normalized spacial score (nSPS) is 16.8. The topological polar surface area (TPSA) is 35.2 Å². The van der Waals surface area contributed by atoms with Crippen LogP contribution < -0.4 is 10.5 Å². The standard InChI is InChI=1S/C17H18FNOS/c18-14-5-6-16(12(9-14)7-8-19)20-10-13-11-21-17-4-2-1-3-15(13)17/h1-6,9,13H,7-8,10-11,19H2. The average molecular weight is 303 g/mol. The second-order valence-corrected chi connectivity index (χ2v) is 6.21. The number of fused-ring (bicyclic) bond motifs is 1. The van der Waals surface area contributed by atoms with Crippen LogP contribution in [0.4, 0.5) is 4.39 Å². The maximum atomic E-state index is 13.3. The first-order valence-electron chi connectivity index (χ1n) is 7.11. The summed E-state index contributed by atoms with van der Waals surface area (Å²) in [6.07, 6.45) is 0.628. The van der Waals surface area contributed by atoms with Gasteiger partial charge in [-0.05, 0) is 48.4 Å². The summed E-state index contributed by atoms with van der Waals surface area (Å²) in [7, 11) is 0. The molecule has 0 fully saturated rings. The van der Waals surface area contributed by atoms with E-state index < -0.39 is 0 Å². The van der Waals surface area contributed by atoms with Crippen LogP contribution in [0.25, 0.3) is 0 Å². The van der Waals surface area contributed by atoms with Gasteiger partial charge in [-0.3, -0.25) is 0 Å². The molecule has 0 saturated heterocycles. The van der Waals surface area contributed by atoms with Crippen molar-refractivity contribution in [3.8, 4) is 5.75 Å². The van der Waals surface area contributed by atoms with Gasteiger partial charge in [0.15, 0.2) is 0 Å². The third-order valence-corrected chi connectivity index (χ3v) is 4.93. The van der Waals surface area contributed by atoms with Crippen LogP contribution in [-0.2, 0) is 6.42 Å². The molecule has 4 heteroatoms. The van der Waals surface area contributed by atoms with Crippen LogP contribution in [0.15, 0.2) is 47.4 Å². The van der Waals surface area contributed by atoms with Gasteiger partial charge in [-0.1, -0.05) is 18.2 Å². The number of hydrogen-bond donors (Lipinski definition) is 1. The lowest BCUT2D eigenvalue weighted by atomic mass is 10.0. The van der Waals surface area contributed by atoms with Crippen molar-refractivity contribution in [2.45, 2.75) is 17.2 Å². The Hall–Kier alpha value is -1.52. The lowest BCUT2D eigenvalue weighted by Gasteiger charge is -2.15. The van der Waals surface area contributed by atoms with Crippen molar-refractivity contribution >= 4 is 11.8 Å². The van der Waals surface area contributed by atoms with E-state index in [2.05, 4.69) is 24.3 Å². The van der Waals surface area contributed by atoms with Gasteiger partial charge in [-0.2, -0.15) is 0 Å². The van der Waals surface area contributed by atoms with Crippen LogP contribution in [0.2, 0.25) is 0 Å². The van der Waals surface area contributed by atoms with Gasteiger partial charge >= 0.3 is 0 Å². The van der Waals surface area contributed by atoms with E-state index in [1.165, 1.54) is 22.6 Å². The first-order chi connectivity index (χ1) is 10.3. The Labute approximate surface area is 128 Å². The van der Waals surface area contributed by atoms with Gasteiger partial charge in [0.25, 0.3) is 0 Å². The highest BCUT2D eigenvalue weighted by molar-refractivity contribution is 7.99. The molecule has 0 saturated carbocycles. The number of rotatable bonds is 5. The fourth-order valence-corrected chi connectivity index (χ4v) is 3.83. The van der Waals surface area contributed by atoms with Gasteiger partial charge in [0.2, 0.25) is 0 Å². The SMILES string of the molecule is NCCc1cc(F)ccc1OCC1CSc2ccccc21. The van der Waals surface area contributed by atoms with Crippen molar-refractivity contribution in [1.29, 1.82) is 0 Å². The number of halogens is 1. The predicted octanol–water partition coefficient (Wildman–Crippen LogP) is 3.60. The third-order valence-electron chi connectivity index (χ3n) is 3.68. The Bertz CT molecular complexity index is 632. The number of benzene rings is 2. The van der Waals surface area contributed by atoms with Gasteiger partial charge < -0.3 is 10.5 Å². The van der Waals surface area contributed by atoms with Gasteiger partial charge in [0.05, 0.1) is 6.61 Å². The molecule has 110 valence electrons. The highest BCUT2D eigenvalue weighted by atomic mass is 32.2. The quantitative estimate of drug-likeness (QED) is 0.916. The Morgan fingerprint density at radius 3 is 2.95 bits per heavy atom. The van der Waals surface area contributed by atoms with Gasteiger partial charge in [0, 0.05) is 16.6 Å². The van der Waals surface area contributed by atoms with E-state index >= 15 is 0 Å². The zero-order valence-electron chi connectivity index (χ0n) is 11.7. The third kappa shape index (κ3) is 3.22. The Morgan fingerprint density at radius 1 is 1.24 bits per heavy atom. The van der Waals surface area contributed by atoms with Crippen LogP contribution in [0.1, 0.15) is 17.0 Å². The van der Waals surface area contributed by atoms with Gasteiger partial charge in [-0.25, -0.2) is 4.39 Å². The summed E-state index contributed by atoms with van der Waals surface area (Å²) in [4.78, 5) is 1.34. The molecule has 2 N–H and O–H groups in total. The zero-order valence-corrected chi connectivity index (χ0v) is 12.5. The molecule has 0 amide bonds. The molecule has 2 aromatic carbocycles. The summed E-state index contributed by atoms with van der Waals surface area (Å²) in [5.74, 6) is 1.93. The fraction of sp³-hybridized carbons (Fsp3) is 0.294. The number of thioether (sulfide) groups is 1. The first kappa shape index (κ1) is 14.4. The molecule has 0 spiro atoms. The van der Waals surface area contributed by atoms with Crippen molar-refractivity contribution < 1.29 is 9.13 Å². The van der Waals surface area contributed by atoms with Gasteiger partial charge in [0.1, 0.15) is 11.6 Å². The molecule has 1 aliphatic heterocycles. The van der Waals surface area contributed by atoms with Crippen LogP contribution in [0, 0.1) is 5.82 Å². The van der Waals surface area contributed by atoms with E-state index in [4.69, 9.17) is 10.5 Å². The molecule has 0 aliphatic carbocycles. The van der Waals surface area contributed by atoms with E-state index in [1.807, 2.05) is 11.8 Å². The van der Waals surface area contributed by atoms with E-state index in [-0.39, 0.29) is 5.82 Å². The molecule has 1 aliphatic rings. The summed E-state index contributed by atoms with van der Waals surface area (Å²) >= 11 is 1.87. The minimum Gasteiger partial charge on any atom is -0.493 e. The molecule has 2 aromatic rings. The molecule has 0 aromatic heterocycles. The molecular formula is C17H18FNOS. The van der Waals surface area contributed by atoms with Crippen molar-refractivity contribution in [2.75, 3.05) is 18.9 Å².